The SMILES string of the molecule is CCn1cncc1-c1ccc(/C=C/c2ccc(C)cc2)cc1. The van der Waals surface area contributed by atoms with Crippen LogP contribution in [0, 0.1) is 6.92 Å². The highest BCUT2D eigenvalue weighted by atomic mass is 15.0. The van der Waals surface area contributed by atoms with Crippen molar-refractivity contribution in [2.24, 2.45) is 0 Å². The van der Waals surface area contributed by atoms with Crippen molar-refractivity contribution in [1.29, 1.82) is 0 Å². The highest BCUT2D eigenvalue weighted by Crippen LogP contribution is 2.20. The standard InChI is InChI=1S/C20H20N2/c1-3-22-15-21-14-20(22)19-12-10-18(11-13-19)9-8-17-6-4-16(2)5-7-17/h4-15H,3H2,1-2H3/b9-8+. The monoisotopic (exact) mass is 288 g/mol. The minimum absolute atomic E-state index is 0.935. The first-order chi connectivity index (χ1) is 10.8. The maximum absolute atomic E-state index is 4.22. The Balaban J connectivity index is 1.78. The molecule has 0 spiro atoms. The van der Waals surface area contributed by atoms with Crippen LogP contribution in [0.15, 0.2) is 61.1 Å². The highest BCUT2D eigenvalue weighted by Gasteiger charge is 2.02. The molecule has 0 saturated carbocycles. The molecule has 2 heteroatoms. The molecule has 0 fully saturated rings. The second-order valence-corrected chi connectivity index (χ2v) is 5.43. The molecule has 3 rings (SSSR count). The molecule has 0 atom stereocenters. The molecule has 1 aromatic heterocycles. The van der Waals surface area contributed by atoms with Crippen molar-refractivity contribution in [1.82, 2.24) is 9.55 Å². The topological polar surface area (TPSA) is 17.8 Å². The van der Waals surface area contributed by atoms with Crippen LogP contribution in [-0.2, 0) is 6.54 Å². The Kier molecular flexibility index (Phi) is 4.19. The number of imidazole rings is 1. The van der Waals surface area contributed by atoms with Gasteiger partial charge in [0.15, 0.2) is 0 Å². The van der Waals surface area contributed by atoms with Gasteiger partial charge in [-0.15, -0.1) is 0 Å². The van der Waals surface area contributed by atoms with Gasteiger partial charge in [-0.25, -0.2) is 4.98 Å². The average Bonchev–Trinajstić information content (AvgIpc) is 3.03. The Labute approximate surface area is 131 Å². The highest BCUT2D eigenvalue weighted by molar-refractivity contribution is 5.71. The summed E-state index contributed by atoms with van der Waals surface area (Å²) in [7, 11) is 0. The molecule has 0 amide bonds. The number of aryl methyl sites for hydroxylation is 2. The van der Waals surface area contributed by atoms with E-state index >= 15 is 0 Å². The van der Waals surface area contributed by atoms with Crippen molar-refractivity contribution < 1.29 is 0 Å². The van der Waals surface area contributed by atoms with Crippen molar-refractivity contribution in [3.63, 3.8) is 0 Å². The van der Waals surface area contributed by atoms with Crippen LogP contribution >= 0.6 is 0 Å². The number of aromatic nitrogens is 2. The summed E-state index contributed by atoms with van der Waals surface area (Å²) in [6, 6.07) is 17.1. The van der Waals surface area contributed by atoms with Gasteiger partial charge in [-0.2, -0.15) is 0 Å². The molecule has 0 saturated heterocycles. The molecule has 2 aromatic carbocycles. The zero-order valence-corrected chi connectivity index (χ0v) is 13.0. The smallest absolute Gasteiger partial charge is 0.0950 e. The van der Waals surface area contributed by atoms with E-state index in [9.17, 15) is 0 Å². The van der Waals surface area contributed by atoms with Gasteiger partial charge < -0.3 is 4.57 Å². The number of benzene rings is 2. The van der Waals surface area contributed by atoms with E-state index in [4.69, 9.17) is 0 Å². The summed E-state index contributed by atoms with van der Waals surface area (Å²) in [5, 5.41) is 0. The Bertz CT molecular complexity index is 762. The van der Waals surface area contributed by atoms with E-state index in [1.165, 1.54) is 22.3 Å². The minimum Gasteiger partial charge on any atom is -0.331 e. The van der Waals surface area contributed by atoms with Crippen molar-refractivity contribution in [2.75, 3.05) is 0 Å². The van der Waals surface area contributed by atoms with E-state index in [0.717, 1.165) is 12.2 Å². The van der Waals surface area contributed by atoms with Gasteiger partial charge in [0, 0.05) is 6.54 Å². The van der Waals surface area contributed by atoms with Gasteiger partial charge in [-0.3, -0.25) is 0 Å². The molecule has 0 radical (unpaired) electrons. The molecule has 1 heterocycles. The molecule has 22 heavy (non-hydrogen) atoms. The van der Waals surface area contributed by atoms with E-state index in [1.54, 1.807) is 0 Å². The number of hydrogen-bond acceptors (Lipinski definition) is 1. The van der Waals surface area contributed by atoms with E-state index in [1.807, 2.05) is 12.5 Å². The second kappa shape index (κ2) is 6.44. The summed E-state index contributed by atoms with van der Waals surface area (Å²) in [4.78, 5) is 4.22. The molecule has 0 bridgehead atoms. The third kappa shape index (κ3) is 3.17. The summed E-state index contributed by atoms with van der Waals surface area (Å²) in [5.74, 6) is 0. The Morgan fingerprint density at radius 1 is 0.909 bits per heavy atom. The first-order valence-corrected chi connectivity index (χ1v) is 7.61. The molecule has 110 valence electrons. The van der Waals surface area contributed by atoms with Crippen molar-refractivity contribution >= 4 is 12.2 Å². The van der Waals surface area contributed by atoms with Crippen LogP contribution in [0.4, 0.5) is 0 Å². The molecule has 0 aliphatic heterocycles. The summed E-state index contributed by atoms with van der Waals surface area (Å²) >= 11 is 0. The van der Waals surface area contributed by atoms with Crippen LogP contribution in [-0.4, -0.2) is 9.55 Å². The predicted molar refractivity (Wildman–Crippen MR) is 93.4 cm³/mol. The van der Waals surface area contributed by atoms with Gasteiger partial charge in [-0.05, 0) is 30.5 Å². The first-order valence-electron chi connectivity index (χ1n) is 7.61. The Hall–Kier alpha value is -2.61. The average molecular weight is 288 g/mol. The van der Waals surface area contributed by atoms with Crippen molar-refractivity contribution in [3.8, 4) is 11.3 Å². The van der Waals surface area contributed by atoms with Crippen LogP contribution in [0.5, 0.6) is 0 Å². The molecule has 3 aromatic rings. The maximum Gasteiger partial charge on any atom is 0.0950 e. The number of hydrogen-bond donors (Lipinski definition) is 0. The fourth-order valence-electron chi connectivity index (χ4n) is 2.45. The second-order valence-electron chi connectivity index (χ2n) is 5.43. The largest absolute Gasteiger partial charge is 0.331 e. The maximum atomic E-state index is 4.22. The van der Waals surface area contributed by atoms with Crippen LogP contribution in [0.3, 0.4) is 0 Å². The fraction of sp³-hybridized carbons (Fsp3) is 0.150. The van der Waals surface area contributed by atoms with Gasteiger partial charge >= 0.3 is 0 Å². The Morgan fingerprint density at radius 2 is 1.50 bits per heavy atom. The van der Waals surface area contributed by atoms with Crippen LogP contribution < -0.4 is 0 Å². The summed E-state index contributed by atoms with van der Waals surface area (Å²) in [6.07, 6.45) is 8.08. The molecule has 0 aliphatic carbocycles. The normalized spacial score (nSPS) is 11.2. The summed E-state index contributed by atoms with van der Waals surface area (Å²) in [5.41, 5.74) is 6.07. The Morgan fingerprint density at radius 3 is 2.09 bits per heavy atom. The molecule has 0 aliphatic rings. The zero-order chi connectivity index (χ0) is 15.4. The van der Waals surface area contributed by atoms with E-state index in [0.29, 0.717) is 0 Å². The third-order valence-corrected chi connectivity index (χ3v) is 3.81. The van der Waals surface area contributed by atoms with Crippen LogP contribution in [0.1, 0.15) is 23.6 Å². The molecular weight excluding hydrogens is 268 g/mol. The van der Waals surface area contributed by atoms with E-state index in [2.05, 4.69) is 84.1 Å². The zero-order valence-electron chi connectivity index (χ0n) is 13.0. The van der Waals surface area contributed by atoms with Crippen molar-refractivity contribution in [2.45, 2.75) is 20.4 Å². The number of nitrogens with zero attached hydrogens (tertiary/aromatic N) is 2. The summed E-state index contributed by atoms with van der Waals surface area (Å²) < 4.78 is 2.15. The van der Waals surface area contributed by atoms with Gasteiger partial charge in [0.25, 0.3) is 0 Å². The quantitative estimate of drug-likeness (QED) is 0.614. The lowest BCUT2D eigenvalue weighted by Crippen LogP contribution is -1.94. The lowest BCUT2D eigenvalue weighted by molar-refractivity contribution is 0.769. The predicted octanol–water partition coefficient (Wildman–Crippen LogP) is 5.05. The van der Waals surface area contributed by atoms with Crippen molar-refractivity contribution in [3.05, 3.63) is 77.7 Å². The van der Waals surface area contributed by atoms with Gasteiger partial charge in [0.1, 0.15) is 0 Å². The lowest BCUT2D eigenvalue weighted by Gasteiger charge is -2.05. The number of rotatable bonds is 4. The minimum atomic E-state index is 0.935. The fourth-order valence-corrected chi connectivity index (χ4v) is 2.45. The first kappa shape index (κ1) is 14.3. The third-order valence-electron chi connectivity index (χ3n) is 3.81. The molecule has 0 unspecified atom stereocenters. The molecular formula is C20H20N2. The lowest BCUT2D eigenvalue weighted by atomic mass is 10.1. The van der Waals surface area contributed by atoms with Gasteiger partial charge in [-0.1, -0.05) is 66.2 Å². The van der Waals surface area contributed by atoms with Gasteiger partial charge in [0.05, 0.1) is 18.2 Å². The molecule has 0 N–H and O–H groups in total. The van der Waals surface area contributed by atoms with Crippen LogP contribution in [0.25, 0.3) is 23.4 Å². The molecule has 2 nitrogen and oxygen atoms in total. The van der Waals surface area contributed by atoms with Gasteiger partial charge in [0.2, 0.25) is 0 Å². The summed E-state index contributed by atoms with van der Waals surface area (Å²) in [6.45, 7) is 5.17. The van der Waals surface area contributed by atoms with E-state index in [-0.39, 0.29) is 0 Å². The van der Waals surface area contributed by atoms with Crippen LogP contribution in [0.2, 0.25) is 0 Å². The van der Waals surface area contributed by atoms with E-state index < -0.39 is 0 Å².